The Kier molecular flexibility index (Phi) is 8.38. The number of hydrogen-bond acceptors (Lipinski definition) is 7. The summed E-state index contributed by atoms with van der Waals surface area (Å²) in [6.07, 6.45) is 1.42. The van der Waals surface area contributed by atoms with Crippen molar-refractivity contribution >= 4 is 35.0 Å². The first kappa shape index (κ1) is 30.7. The molecule has 232 valence electrons. The second-order valence-corrected chi connectivity index (χ2v) is 12.1. The fourth-order valence-electron chi connectivity index (χ4n) is 5.35. The Balaban J connectivity index is 1.38. The summed E-state index contributed by atoms with van der Waals surface area (Å²) in [6.45, 7) is 7.20. The van der Waals surface area contributed by atoms with Gasteiger partial charge >= 0.3 is 5.97 Å². The minimum atomic E-state index is -0.835. The maximum atomic E-state index is 14.0. The minimum absolute atomic E-state index is 0.223. The molecule has 0 aliphatic carbocycles. The Morgan fingerprint density at radius 2 is 1.76 bits per heavy atom. The van der Waals surface area contributed by atoms with Gasteiger partial charge in [-0.3, -0.25) is 14.2 Å². The van der Waals surface area contributed by atoms with Gasteiger partial charge in [-0.15, -0.1) is 0 Å². The Labute approximate surface area is 267 Å². The van der Waals surface area contributed by atoms with Crippen molar-refractivity contribution in [1.82, 2.24) is 4.57 Å². The number of nitrogens with one attached hydrogen (secondary N) is 1. The summed E-state index contributed by atoms with van der Waals surface area (Å²) in [5.41, 5.74) is 3.61. The van der Waals surface area contributed by atoms with E-state index in [2.05, 4.69) is 10.3 Å². The van der Waals surface area contributed by atoms with Crippen molar-refractivity contribution in [1.29, 1.82) is 0 Å². The van der Waals surface area contributed by atoms with Crippen LogP contribution in [0.25, 0.3) is 17.4 Å². The van der Waals surface area contributed by atoms with E-state index >= 15 is 0 Å². The van der Waals surface area contributed by atoms with Crippen molar-refractivity contribution in [2.24, 2.45) is 4.99 Å². The maximum Gasteiger partial charge on any atom is 0.338 e. The molecule has 1 amide bonds. The number of aryl methyl sites for hydroxylation is 1. The van der Waals surface area contributed by atoms with Gasteiger partial charge in [0.25, 0.3) is 11.5 Å². The zero-order valence-electron chi connectivity index (χ0n) is 25.5. The highest BCUT2D eigenvalue weighted by atomic mass is 32.1. The molecule has 10 heteroatoms. The van der Waals surface area contributed by atoms with Crippen LogP contribution in [0.5, 0.6) is 0 Å². The highest BCUT2D eigenvalue weighted by Gasteiger charge is 2.32. The Morgan fingerprint density at radius 3 is 2.46 bits per heavy atom. The summed E-state index contributed by atoms with van der Waals surface area (Å²) >= 11 is 1.17. The molecule has 2 aromatic heterocycles. The third-order valence-electron chi connectivity index (χ3n) is 7.45. The number of carbonyl (C=O) groups is 2. The maximum absolute atomic E-state index is 14.0. The van der Waals surface area contributed by atoms with Gasteiger partial charge in [-0.2, -0.15) is 0 Å². The third kappa shape index (κ3) is 6.12. The quantitative estimate of drug-likeness (QED) is 0.216. The molecule has 1 atom stereocenters. The van der Waals surface area contributed by atoms with Crippen molar-refractivity contribution in [3.05, 3.63) is 144 Å². The number of para-hydroxylation sites is 1. The van der Waals surface area contributed by atoms with E-state index in [0.29, 0.717) is 43.4 Å². The molecule has 8 nitrogen and oxygen atoms in total. The molecule has 3 heterocycles. The Bertz CT molecular complexity index is 2180. The fourth-order valence-corrected chi connectivity index (χ4v) is 6.37. The molecule has 0 saturated heterocycles. The molecule has 3 aromatic carbocycles. The van der Waals surface area contributed by atoms with Crippen LogP contribution < -0.4 is 20.2 Å². The van der Waals surface area contributed by atoms with Crippen LogP contribution >= 0.6 is 11.3 Å². The number of esters is 1. The van der Waals surface area contributed by atoms with E-state index in [1.165, 1.54) is 28.0 Å². The SMILES string of the molecule is CC1=C(C(=O)Nc2ccccc2)[C@H](c2ccc(F)cc2)n2c(s/c(=C/c3ccc(-c4ccc(C(=O)OC(C)C)cc4C)o3)c2=O)=N1. The van der Waals surface area contributed by atoms with Gasteiger partial charge in [-0.1, -0.05) is 47.7 Å². The molecular weight excluding hydrogens is 605 g/mol. The van der Waals surface area contributed by atoms with Crippen LogP contribution in [-0.4, -0.2) is 22.5 Å². The molecule has 46 heavy (non-hydrogen) atoms. The van der Waals surface area contributed by atoms with Crippen molar-refractivity contribution in [2.75, 3.05) is 5.32 Å². The molecule has 6 rings (SSSR count). The van der Waals surface area contributed by atoms with Crippen LogP contribution in [-0.2, 0) is 9.53 Å². The van der Waals surface area contributed by atoms with Gasteiger partial charge in [0.05, 0.1) is 33.5 Å². The van der Waals surface area contributed by atoms with Crippen molar-refractivity contribution in [3.8, 4) is 11.3 Å². The first-order valence-electron chi connectivity index (χ1n) is 14.7. The van der Waals surface area contributed by atoms with Gasteiger partial charge in [0.15, 0.2) is 4.80 Å². The molecule has 0 unspecified atom stereocenters. The van der Waals surface area contributed by atoms with Crippen LogP contribution in [0.15, 0.2) is 110 Å². The smallest absolute Gasteiger partial charge is 0.338 e. The predicted octanol–water partition coefficient (Wildman–Crippen LogP) is 6.15. The summed E-state index contributed by atoms with van der Waals surface area (Å²) in [5.74, 6) is -0.221. The van der Waals surface area contributed by atoms with E-state index in [0.717, 1.165) is 11.1 Å². The summed E-state index contributed by atoms with van der Waals surface area (Å²) in [7, 11) is 0. The summed E-state index contributed by atoms with van der Waals surface area (Å²) in [4.78, 5) is 45.0. The number of allylic oxidation sites excluding steroid dienone is 1. The molecule has 0 spiro atoms. The second kappa shape index (κ2) is 12.6. The van der Waals surface area contributed by atoms with E-state index in [9.17, 15) is 18.8 Å². The molecule has 1 aliphatic rings. The molecular formula is C36H30FN3O5S. The van der Waals surface area contributed by atoms with Crippen molar-refractivity contribution in [3.63, 3.8) is 0 Å². The Hall–Kier alpha value is -5.35. The summed E-state index contributed by atoms with van der Waals surface area (Å²) in [5, 5.41) is 2.90. The molecule has 0 fully saturated rings. The van der Waals surface area contributed by atoms with Crippen molar-refractivity contribution in [2.45, 2.75) is 39.8 Å². The number of thiazole rings is 1. The van der Waals surface area contributed by atoms with E-state index in [1.54, 1.807) is 81.4 Å². The lowest BCUT2D eigenvalue weighted by atomic mass is 9.95. The van der Waals surface area contributed by atoms with E-state index in [1.807, 2.05) is 25.1 Å². The fraction of sp³-hybridized carbons (Fsp3) is 0.167. The standard InChI is InChI=1S/C36H30FN3O5S/c1-20(2)44-35(43)24-12-16-28(21(3)18-24)29-17-15-27(45-29)19-30-34(42)40-32(23-10-13-25(37)14-11-23)31(22(4)38-36(40)46-30)33(41)39-26-8-6-5-7-9-26/h5-20,32H,1-4H3,(H,39,41)/b30-19+/t32-/m0/s1. The van der Waals surface area contributed by atoms with Gasteiger partial charge in [0.1, 0.15) is 17.3 Å². The molecule has 1 N–H and O–H groups in total. The second-order valence-electron chi connectivity index (χ2n) is 11.1. The average molecular weight is 636 g/mol. The number of rotatable bonds is 7. The summed E-state index contributed by atoms with van der Waals surface area (Å²) < 4.78 is 27.2. The van der Waals surface area contributed by atoms with E-state index in [-0.39, 0.29) is 17.2 Å². The number of ether oxygens (including phenoxy) is 1. The lowest BCUT2D eigenvalue weighted by Crippen LogP contribution is -2.40. The monoisotopic (exact) mass is 635 g/mol. The number of amides is 1. The van der Waals surface area contributed by atoms with Crippen LogP contribution in [0.2, 0.25) is 0 Å². The van der Waals surface area contributed by atoms with E-state index < -0.39 is 23.7 Å². The molecule has 1 aliphatic heterocycles. The first-order chi connectivity index (χ1) is 22.1. The number of aromatic nitrogens is 1. The lowest BCUT2D eigenvalue weighted by molar-refractivity contribution is -0.113. The Morgan fingerprint density at radius 1 is 1.02 bits per heavy atom. The van der Waals surface area contributed by atoms with Gasteiger partial charge in [0, 0.05) is 17.3 Å². The van der Waals surface area contributed by atoms with Crippen molar-refractivity contribution < 1.29 is 23.1 Å². The number of furan rings is 1. The van der Waals surface area contributed by atoms with Crippen LogP contribution in [0.1, 0.15) is 54.1 Å². The van der Waals surface area contributed by atoms with Gasteiger partial charge in [-0.05, 0) is 87.4 Å². The largest absolute Gasteiger partial charge is 0.459 e. The normalized spacial score (nSPS) is 14.7. The summed E-state index contributed by atoms with van der Waals surface area (Å²) in [6, 6.07) is 22.7. The topological polar surface area (TPSA) is 103 Å². The van der Waals surface area contributed by atoms with Crippen LogP contribution in [0.3, 0.4) is 0 Å². The zero-order chi connectivity index (χ0) is 32.5. The highest BCUT2D eigenvalue weighted by Crippen LogP contribution is 2.31. The molecule has 0 radical (unpaired) electrons. The van der Waals surface area contributed by atoms with Crippen LogP contribution in [0.4, 0.5) is 10.1 Å². The first-order valence-corrected chi connectivity index (χ1v) is 15.5. The zero-order valence-corrected chi connectivity index (χ0v) is 26.4. The third-order valence-corrected chi connectivity index (χ3v) is 8.44. The van der Waals surface area contributed by atoms with Crippen LogP contribution in [0, 0.1) is 12.7 Å². The van der Waals surface area contributed by atoms with E-state index in [4.69, 9.17) is 9.15 Å². The molecule has 0 bridgehead atoms. The molecule has 5 aromatic rings. The number of benzene rings is 3. The number of halogens is 1. The minimum Gasteiger partial charge on any atom is -0.459 e. The average Bonchev–Trinajstić information content (AvgIpc) is 3.60. The number of nitrogens with zero attached hydrogens (tertiary/aromatic N) is 2. The highest BCUT2D eigenvalue weighted by molar-refractivity contribution is 7.07. The number of anilines is 1. The van der Waals surface area contributed by atoms with Gasteiger partial charge in [-0.25, -0.2) is 14.2 Å². The number of hydrogen-bond donors (Lipinski definition) is 1. The van der Waals surface area contributed by atoms with Gasteiger partial charge < -0.3 is 14.5 Å². The number of carbonyl (C=O) groups excluding carboxylic acids is 2. The van der Waals surface area contributed by atoms with Gasteiger partial charge in [0.2, 0.25) is 0 Å². The number of fused-ring (bicyclic) bond motifs is 1. The lowest BCUT2D eigenvalue weighted by Gasteiger charge is -2.25. The molecule has 0 saturated carbocycles. The predicted molar refractivity (Wildman–Crippen MR) is 175 cm³/mol.